The molecule has 5 heteroatoms. The van der Waals surface area contributed by atoms with Crippen LogP contribution in [0.15, 0.2) is 18.5 Å². The molecule has 0 aromatic carbocycles. The number of carbonyl (C=O) groups excluding carboxylic acids is 1. The summed E-state index contributed by atoms with van der Waals surface area (Å²) in [6.07, 6.45) is 1.27. The summed E-state index contributed by atoms with van der Waals surface area (Å²) < 4.78 is 1.15. The summed E-state index contributed by atoms with van der Waals surface area (Å²) in [5.41, 5.74) is 0.381. The van der Waals surface area contributed by atoms with Crippen LogP contribution >= 0.6 is 23.2 Å². The smallest absolute Gasteiger partial charge is 0.259 e. The third kappa shape index (κ3) is 1.52. The first kappa shape index (κ1) is 9.29. The van der Waals surface area contributed by atoms with Gasteiger partial charge in [0.25, 0.3) is 5.91 Å². The van der Waals surface area contributed by atoms with Gasteiger partial charge in [0, 0.05) is 5.57 Å². The molecule has 0 aliphatic carbocycles. The third-order valence-corrected chi connectivity index (χ3v) is 1.99. The number of imidazole rings is 1. The number of allylic oxidation sites excluding steroid dienone is 1. The van der Waals surface area contributed by atoms with E-state index in [1.807, 2.05) is 0 Å². The van der Waals surface area contributed by atoms with Crippen LogP contribution in [0.25, 0.3) is 0 Å². The molecule has 3 nitrogen and oxygen atoms in total. The Morgan fingerprint density at radius 3 is 2.58 bits per heavy atom. The molecule has 0 spiro atoms. The highest BCUT2D eigenvalue weighted by Crippen LogP contribution is 2.19. The predicted octanol–water partition coefficient (Wildman–Crippen LogP) is 2.41. The number of carbonyl (C=O) groups is 1. The van der Waals surface area contributed by atoms with Crippen LogP contribution < -0.4 is 0 Å². The number of hydrogen-bond donors (Lipinski definition) is 0. The predicted molar refractivity (Wildman–Crippen MR) is 47.7 cm³/mol. The average molecular weight is 205 g/mol. The van der Waals surface area contributed by atoms with Gasteiger partial charge in [-0.15, -0.1) is 0 Å². The molecule has 0 amide bonds. The van der Waals surface area contributed by atoms with Crippen LogP contribution in [0.1, 0.15) is 11.7 Å². The first-order valence-corrected chi connectivity index (χ1v) is 3.88. The van der Waals surface area contributed by atoms with E-state index in [9.17, 15) is 4.79 Å². The fourth-order valence-electron chi connectivity index (χ4n) is 0.659. The van der Waals surface area contributed by atoms with Gasteiger partial charge in [-0.05, 0) is 6.92 Å². The van der Waals surface area contributed by atoms with Crippen molar-refractivity contribution in [3.8, 4) is 0 Å². The Bertz CT molecular complexity index is 343. The minimum atomic E-state index is -0.306. The summed E-state index contributed by atoms with van der Waals surface area (Å²) in [4.78, 5) is 14.9. The molecule has 0 bridgehead atoms. The molecule has 0 saturated heterocycles. The van der Waals surface area contributed by atoms with Crippen molar-refractivity contribution in [3.63, 3.8) is 0 Å². The Labute approximate surface area is 79.6 Å². The monoisotopic (exact) mass is 204 g/mol. The highest BCUT2D eigenvalue weighted by Gasteiger charge is 2.12. The van der Waals surface area contributed by atoms with E-state index in [1.165, 1.54) is 6.33 Å². The quantitative estimate of drug-likeness (QED) is 0.659. The molecule has 0 unspecified atom stereocenters. The zero-order valence-corrected chi connectivity index (χ0v) is 7.85. The molecule has 0 atom stereocenters. The zero-order chi connectivity index (χ0) is 9.30. The van der Waals surface area contributed by atoms with Gasteiger partial charge in [0.15, 0.2) is 10.3 Å². The minimum absolute atomic E-state index is 0.115. The summed E-state index contributed by atoms with van der Waals surface area (Å²) in [6, 6.07) is 0. The van der Waals surface area contributed by atoms with E-state index in [0.717, 1.165) is 4.57 Å². The van der Waals surface area contributed by atoms with Crippen LogP contribution in [0.4, 0.5) is 0 Å². The molecule has 0 aliphatic rings. The molecular formula is C7H6Cl2N2O. The molecule has 1 aromatic heterocycles. The lowest BCUT2D eigenvalue weighted by molar-refractivity contribution is 0.0956. The minimum Gasteiger partial charge on any atom is -0.269 e. The van der Waals surface area contributed by atoms with Crippen LogP contribution in [0.5, 0.6) is 0 Å². The van der Waals surface area contributed by atoms with Crippen LogP contribution in [0.2, 0.25) is 10.3 Å². The van der Waals surface area contributed by atoms with Crippen molar-refractivity contribution in [2.45, 2.75) is 6.92 Å². The van der Waals surface area contributed by atoms with Crippen molar-refractivity contribution in [1.29, 1.82) is 0 Å². The Morgan fingerprint density at radius 1 is 1.67 bits per heavy atom. The van der Waals surface area contributed by atoms with Crippen molar-refractivity contribution in [2.24, 2.45) is 0 Å². The van der Waals surface area contributed by atoms with Crippen LogP contribution in [0, 0.1) is 0 Å². The van der Waals surface area contributed by atoms with Gasteiger partial charge in [0.1, 0.15) is 6.33 Å². The number of halogens is 2. The van der Waals surface area contributed by atoms with Crippen LogP contribution in [0.3, 0.4) is 0 Å². The fourth-order valence-corrected chi connectivity index (χ4v) is 0.963. The average Bonchev–Trinajstić information content (AvgIpc) is 2.32. The SMILES string of the molecule is C=C(C)C(=O)n1cnc(Cl)c1Cl. The Hall–Kier alpha value is -0.800. The molecule has 64 valence electrons. The van der Waals surface area contributed by atoms with Crippen molar-refractivity contribution in [3.05, 3.63) is 28.8 Å². The Kier molecular flexibility index (Phi) is 2.55. The number of hydrogen-bond acceptors (Lipinski definition) is 2. The molecule has 0 saturated carbocycles. The number of nitrogens with zero attached hydrogens (tertiary/aromatic N) is 2. The lowest BCUT2D eigenvalue weighted by Crippen LogP contribution is -2.09. The number of aromatic nitrogens is 2. The van der Waals surface area contributed by atoms with Gasteiger partial charge >= 0.3 is 0 Å². The van der Waals surface area contributed by atoms with E-state index >= 15 is 0 Å². The summed E-state index contributed by atoms with van der Waals surface area (Å²) in [5, 5.41) is 0.232. The van der Waals surface area contributed by atoms with Gasteiger partial charge in [-0.2, -0.15) is 0 Å². The third-order valence-electron chi connectivity index (χ3n) is 1.25. The Balaban J connectivity index is 3.12. The second-order valence-electron chi connectivity index (χ2n) is 2.28. The second kappa shape index (κ2) is 3.29. The number of rotatable bonds is 1. The van der Waals surface area contributed by atoms with Gasteiger partial charge in [0.2, 0.25) is 0 Å². The maximum atomic E-state index is 11.3. The summed E-state index contributed by atoms with van der Waals surface area (Å²) in [6.45, 7) is 5.07. The maximum Gasteiger partial charge on any atom is 0.259 e. The van der Waals surface area contributed by atoms with E-state index in [2.05, 4.69) is 11.6 Å². The molecule has 1 aromatic rings. The Morgan fingerprint density at radius 2 is 2.25 bits per heavy atom. The lowest BCUT2D eigenvalue weighted by atomic mass is 10.3. The first-order chi connectivity index (χ1) is 5.54. The molecule has 0 aliphatic heterocycles. The largest absolute Gasteiger partial charge is 0.269 e. The maximum absolute atomic E-state index is 11.3. The molecule has 0 N–H and O–H groups in total. The standard InChI is InChI=1S/C7H6Cl2N2O/c1-4(2)7(12)11-3-10-5(8)6(11)9/h3H,1H2,2H3. The van der Waals surface area contributed by atoms with E-state index in [4.69, 9.17) is 23.2 Å². The van der Waals surface area contributed by atoms with E-state index < -0.39 is 0 Å². The van der Waals surface area contributed by atoms with Crippen LogP contribution in [-0.4, -0.2) is 15.5 Å². The van der Waals surface area contributed by atoms with Gasteiger partial charge in [-0.25, -0.2) is 4.98 Å². The molecule has 0 radical (unpaired) electrons. The van der Waals surface area contributed by atoms with Crippen molar-refractivity contribution >= 4 is 29.1 Å². The highest BCUT2D eigenvalue weighted by molar-refractivity contribution is 6.41. The van der Waals surface area contributed by atoms with Crippen molar-refractivity contribution < 1.29 is 4.79 Å². The fraction of sp³-hybridized carbons (Fsp3) is 0.143. The van der Waals surface area contributed by atoms with Gasteiger partial charge < -0.3 is 0 Å². The zero-order valence-electron chi connectivity index (χ0n) is 6.34. The van der Waals surface area contributed by atoms with Gasteiger partial charge in [0.05, 0.1) is 0 Å². The summed E-state index contributed by atoms with van der Waals surface area (Å²) in [7, 11) is 0. The first-order valence-electron chi connectivity index (χ1n) is 3.12. The molecule has 1 rings (SSSR count). The summed E-state index contributed by atoms with van der Waals surface area (Å²) >= 11 is 11.2. The second-order valence-corrected chi connectivity index (χ2v) is 3.00. The van der Waals surface area contributed by atoms with Gasteiger partial charge in [-0.1, -0.05) is 29.8 Å². The van der Waals surface area contributed by atoms with Gasteiger partial charge in [-0.3, -0.25) is 9.36 Å². The summed E-state index contributed by atoms with van der Waals surface area (Å²) in [5.74, 6) is -0.306. The van der Waals surface area contributed by atoms with Crippen molar-refractivity contribution in [2.75, 3.05) is 0 Å². The molecule has 0 fully saturated rings. The molecular weight excluding hydrogens is 199 g/mol. The molecule has 1 heterocycles. The topological polar surface area (TPSA) is 34.9 Å². The van der Waals surface area contributed by atoms with Crippen LogP contribution in [-0.2, 0) is 0 Å². The molecule has 12 heavy (non-hydrogen) atoms. The normalized spacial score (nSPS) is 9.92. The van der Waals surface area contributed by atoms with E-state index in [-0.39, 0.29) is 16.2 Å². The van der Waals surface area contributed by atoms with E-state index in [1.54, 1.807) is 6.92 Å². The lowest BCUT2D eigenvalue weighted by Gasteiger charge is -1.99. The van der Waals surface area contributed by atoms with E-state index in [0.29, 0.717) is 5.57 Å². The highest BCUT2D eigenvalue weighted by atomic mass is 35.5. The van der Waals surface area contributed by atoms with Crippen molar-refractivity contribution in [1.82, 2.24) is 9.55 Å².